The first-order chi connectivity index (χ1) is 16.7. The molecule has 2 aromatic carbocycles. The van der Waals surface area contributed by atoms with Crippen molar-refractivity contribution in [1.82, 2.24) is 10.2 Å². The molecule has 0 aromatic heterocycles. The zero-order valence-corrected chi connectivity index (χ0v) is 21.2. The maximum atomic E-state index is 13.6. The molecule has 3 rings (SSSR count). The highest BCUT2D eigenvalue weighted by Crippen LogP contribution is 2.36. The molecule has 0 bridgehead atoms. The van der Waals surface area contributed by atoms with Gasteiger partial charge < -0.3 is 19.7 Å². The Morgan fingerprint density at radius 1 is 1.06 bits per heavy atom. The molecule has 1 atom stereocenters. The lowest BCUT2D eigenvalue weighted by atomic mass is 10.1. The normalized spacial score (nSPS) is 13.2. The van der Waals surface area contributed by atoms with E-state index in [1.54, 1.807) is 12.1 Å². The molecule has 2 aromatic rings. The van der Waals surface area contributed by atoms with Crippen LogP contribution in [0.5, 0.6) is 11.5 Å². The summed E-state index contributed by atoms with van der Waals surface area (Å²) in [6.07, 6.45) is 2.75. The molecule has 35 heavy (non-hydrogen) atoms. The number of carbonyl (C=O) groups excluding carboxylic acids is 2. The van der Waals surface area contributed by atoms with Crippen molar-refractivity contribution in [2.45, 2.75) is 39.2 Å². The molecule has 0 spiro atoms. The van der Waals surface area contributed by atoms with Gasteiger partial charge in [-0.2, -0.15) is 0 Å². The number of benzene rings is 2. The summed E-state index contributed by atoms with van der Waals surface area (Å²) in [6.45, 7) is 4.18. The number of hydrogen-bond donors (Lipinski definition) is 1. The Kier molecular flexibility index (Phi) is 8.97. The number of ether oxygens (including phenoxy) is 2. The van der Waals surface area contributed by atoms with Crippen LogP contribution in [0.2, 0.25) is 0 Å². The smallest absolute Gasteiger partial charge is 0.244 e. The molecule has 0 saturated carbocycles. The van der Waals surface area contributed by atoms with Crippen molar-refractivity contribution >= 4 is 27.5 Å². The van der Waals surface area contributed by atoms with Gasteiger partial charge in [0.2, 0.25) is 28.6 Å². The Hall–Kier alpha value is -3.27. The minimum atomic E-state index is -3.81. The van der Waals surface area contributed by atoms with E-state index in [1.165, 1.54) is 11.0 Å². The topological polar surface area (TPSA) is 105 Å². The highest BCUT2D eigenvalue weighted by molar-refractivity contribution is 7.92. The predicted octanol–water partition coefficient (Wildman–Crippen LogP) is 2.56. The number of rotatable bonds is 12. The van der Waals surface area contributed by atoms with Gasteiger partial charge in [0.1, 0.15) is 12.6 Å². The second-order valence-corrected chi connectivity index (χ2v) is 10.3. The molecule has 2 amide bonds. The molecule has 10 heteroatoms. The maximum absolute atomic E-state index is 13.6. The van der Waals surface area contributed by atoms with Gasteiger partial charge in [0.05, 0.1) is 11.9 Å². The van der Waals surface area contributed by atoms with Gasteiger partial charge in [-0.25, -0.2) is 8.42 Å². The summed E-state index contributed by atoms with van der Waals surface area (Å²) in [7, 11) is -3.81. The van der Waals surface area contributed by atoms with Crippen LogP contribution >= 0.6 is 0 Å². The van der Waals surface area contributed by atoms with E-state index in [2.05, 4.69) is 5.32 Å². The molecule has 1 aliphatic heterocycles. The van der Waals surface area contributed by atoms with Gasteiger partial charge >= 0.3 is 0 Å². The number of hydrogen-bond acceptors (Lipinski definition) is 6. The minimum absolute atomic E-state index is 0.0505. The largest absolute Gasteiger partial charge is 0.454 e. The van der Waals surface area contributed by atoms with Crippen LogP contribution < -0.4 is 19.1 Å². The van der Waals surface area contributed by atoms with Crippen molar-refractivity contribution in [3.63, 3.8) is 0 Å². The van der Waals surface area contributed by atoms with Gasteiger partial charge in [-0.1, -0.05) is 44.2 Å². The molecule has 1 N–H and O–H groups in total. The van der Waals surface area contributed by atoms with Gasteiger partial charge in [0.15, 0.2) is 11.5 Å². The average molecular weight is 504 g/mol. The van der Waals surface area contributed by atoms with Crippen molar-refractivity contribution in [2.75, 3.05) is 37.0 Å². The summed E-state index contributed by atoms with van der Waals surface area (Å²) < 4.78 is 37.1. The number of nitrogens with zero attached hydrogens (tertiary/aromatic N) is 2. The summed E-state index contributed by atoms with van der Waals surface area (Å²) >= 11 is 0. The lowest BCUT2D eigenvalue weighted by Crippen LogP contribution is -2.53. The number of amides is 2. The van der Waals surface area contributed by atoms with Crippen LogP contribution in [0.1, 0.15) is 32.3 Å². The van der Waals surface area contributed by atoms with Crippen molar-refractivity contribution < 1.29 is 27.5 Å². The summed E-state index contributed by atoms with van der Waals surface area (Å²) in [5.74, 6) is 0.221. The van der Waals surface area contributed by atoms with Crippen LogP contribution in [0.3, 0.4) is 0 Å². The Balaban J connectivity index is 1.87. The summed E-state index contributed by atoms with van der Waals surface area (Å²) in [5, 5.41) is 2.87. The maximum Gasteiger partial charge on any atom is 0.244 e. The predicted molar refractivity (Wildman–Crippen MR) is 134 cm³/mol. The van der Waals surface area contributed by atoms with Gasteiger partial charge in [0, 0.05) is 19.2 Å². The van der Waals surface area contributed by atoms with Gasteiger partial charge in [-0.15, -0.1) is 0 Å². The molecule has 9 nitrogen and oxygen atoms in total. The first-order valence-electron chi connectivity index (χ1n) is 11.7. The van der Waals surface area contributed by atoms with E-state index in [0.29, 0.717) is 30.9 Å². The first-order valence-corrected chi connectivity index (χ1v) is 13.6. The van der Waals surface area contributed by atoms with Crippen molar-refractivity contribution in [3.05, 3.63) is 54.1 Å². The highest BCUT2D eigenvalue weighted by atomic mass is 32.2. The van der Waals surface area contributed by atoms with E-state index in [4.69, 9.17) is 9.47 Å². The SMILES string of the molecule is CCCNC(=O)[C@@H](CC)N(CCc1ccccc1)C(=O)CN(c1ccc2c(c1)OCO2)S(C)(=O)=O. The quantitative estimate of drug-likeness (QED) is 0.477. The minimum Gasteiger partial charge on any atom is -0.454 e. The molecule has 0 saturated heterocycles. The van der Waals surface area contributed by atoms with E-state index >= 15 is 0 Å². The summed E-state index contributed by atoms with van der Waals surface area (Å²) in [4.78, 5) is 28.0. The molecule has 1 aliphatic rings. The third-order valence-electron chi connectivity index (χ3n) is 5.74. The molecule has 0 aliphatic carbocycles. The van der Waals surface area contributed by atoms with Gasteiger partial charge in [-0.05, 0) is 37.0 Å². The standard InChI is InChI=1S/C25H33N3O6S/c1-4-14-26-25(30)21(5-2)27(15-13-19-9-7-6-8-10-19)24(29)17-28(35(3,31)32)20-11-12-22-23(16-20)34-18-33-22/h6-12,16,21H,4-5,13-15,17-18H2,1-3H3,(H,26,30)/t21-/m1/s1. The second-order valence-electron chi connectivity index (χ2n) is 8.35. The molecule has 0 fully saturated rings. The van der Waals surface area contributed by atoms with Gasteiger partial charge in [-0.3, -0.25) is 13.9 Å². The van der Waals surface area contributed by atoms with Crippen LogP contribution in [0.25, 0.3) is 0 Å². The molecular weight excluding hydrogens is 470 g/mol. The fourth-order valence-corrected chi connectivity index (χ4v) is 4.76. The average Bonchev–Trinajstić information content (AvgIpc) is 3.31. The molecule has 190 valence electrons. The number of carbonyl (C=O) groups is 2. The van der Waals surface area contributed by atoms with Crippen molar-refractivity contribution in [2.24, 2.45) is 0 Å². The number of fused-ring (bicyclic) bond motifs is 1. The van der Waals surface area contributed by atoms with E-state index in [1.807, 2.05) is 44.2 Å². The lowest BCUT2D eigenvalue weighted by molar-refractivity contribution is -0.139. The van der Waals surface area contributed by atoms with Crippen LogP contribution in [-0.4, -0.2) is 63.9 Å². The van der Waals surface area contributed by atoms with E-state index in [9.17, 15) is 18.0 Å². The third kappa shape index (κ3) is 6.88. The van der Waals surface area contributed by atoms with E-state index in [-0.39, 0.29) is 24.9 Å². The highest BCUT2D eigenvalue weighted by Gasteiger charge is 2.31. The Labute approximate surface area is 207 Å². The number of anilines is 1. The molecule has 1 heterocycles. The van der Waals surface area contributed by atoms with Crippen LogP contribution in [0.15, 0.2) is 48.5 Å². The fraction of sp³-hybridized carbons (Fsp3) is 0.440. The monoisotopic (exact) mass is 503 g/mol. The van der Waals surface area contributed by atoms with Crippen LogP contribution in [0.4, 0.5) is 5.69 Å². The third-order valence-corrected chi connectivity index (χ3v) is 6.88. The number of nitrogens with one attached hydrogen (secondary N) is 1. The van der Waals surface area contributed by atoms with Crippen LogP contribution in [-0.2, 0) is 26.0 Å². The first kappa shape index (κ1) is 26.3. The summed E-state index contributed by atoms with van der Waals surface area (Å²) in [5.41, 5.74) is 1.31. The Morgan fingerprint density at radius 3 is 2.43 bits per heavy atom. The Bertz CT molecular complexity index is 1120. The fourth-order valence-electron chi connectivity index (χ4n) is 3.92. The van der Waals surface area contributed by atoms with E-state index in [0.717, 1.165) is 22.5 Å². The number of sulfonamides is 1. The lowest BCUT2D eigenvalue weighted by Gasteiger charge is -2.32. The Morgan fingerprint density at radius 2 is 1.77 bits per heavy atom. The van der Waals surface area contributed by atoms with Gasteiger partial charge in [0.25, 0.3) is 0 Å². The summed E-state index contributed by atoms with van der Waals surface area (Å²) in [6, 6.07) is 13.7. The molecular formula is C25H33N3O6S. The van der Waals surface area contributed by atoms with Crippen molar-refractivity contribution in [3.8, 4) is 11.5 Å². The molecule has 0 radical (unpaired) electrons. The van der Waals surface area contributed by atoms with E-state index < -0.39 is 28.5 Å². The van der Waals surface area contributed by atoms with Crippen molar-refractivity contribution in [1.29, 1.82) is 0 Å². The second kappa shape index (κ2) is 11.9. The molecule has 0 unspecified atom stereocenters. The zero-order valence-electron chi connectivity index (χ0n) is 20.4. The zero-order chi connectivity index (χ0) is 25.4. The van der Waals surface area contributed by atoms with Crippen LogP contribution in [0, 0.1) is 0 Å².